The number of rotatable bonds is 8. The molecule has 2 aliphatic rings. The molecule has 1 saturated carbocycles. The lowest BCUT2D eigenvalue weighted by molar-refractivity contribution is 0.296. The van der Waals surface area contributed by atoms with Gasteiger partial charge in [0.05, 0.1) is 12.4 Å². The van der Waals surface area contributed by atoms with Crippen molar-refractivity contribution < 1.29 is 13.2 Å². The van der Waals surface area contributed by atoms with Gasteiger partial charge in [-0.15, -0.1) is 24.0 Å². The van der Waals surface area contributed by atoms with Crippen LogP contribution in [0, 0.1) is 5.92 Å². The molecule has 0 amide bonds. The summed E-state index contributed by atoms with van der Waals surface area (Å²) in [6.07, 6.45) is 3.25. The standard InChI is InChI=1S/C18H28N4O3S.HI/c1-19-18(20-9-11-22-10-4-12-26(22,23)24)21-13-16-5-2-3-6-17(16)25-14-15-7-8-15;/h2-3,5-6,15H,4,7-14H2,1H3,(H2,19,20,21);1H. The van der Waals surface area contributed by atoms with Gasteiger partial charge in [-0.05, 0) is 31.2 Å². The zero-order valence-electron chi connectivity index (χ0n) is 15.7. The van der Waals surface area contributed by atoms with Crippen LogP contribution in [-0.2, 0) is 16.6 Å². The van der Waals surface area contributed by atoms with Crippen LogP contribution < -0.4 is 15.4 Å². The number of benzene rings is 1. The largest absolute Gasteiger partial charge is 0.493 e. The van der Waals surface area contributed by atoms with E-state index in [-0.39, 0.29) is 29.7 Å². The molecule has 9 heteroatoms. The van der Waals surface area contributed by atoms with Crippen molar-refractivity contribution in [1.29, 1.82) is 0 Å². The number of nitrogens with one attached hydrogen (secondary N) is 2. The number of para-hydroxylation sites is 1. The number of guanidine groups is 1. The van der Waals surface area contributed by atoms with Gasteiger partial charge in [0.2, 0.25) is 10.0 Å². The quantitative estimate of drug-likeness (QED) is 0.318. The Labute approximate surface area is 179 Å². The molecule has 0 bridgehead atoms. The Balaban J connectivity index is 0.00000261. The highest BCUT2D eigenvalue weighted by molar-refractivity contribution is 14.0. The molecule has 0 unspecified atom stereocenters. The predicted octanol–water partition coefficient (Wildman–Crippen LogP) is 1.79. The van der Waals surface area contributed by atoms with Crippen LogP contribution in [0.4, 0.5) is 0 Å². The Bertz CT molecular complexity index is 738. The van der Waals surface area contributed by atoms with Crippen molar-refractivity contribution in [3.8, 4) is 5.75 Å². The van der Waals surface area contributed by atoms with Crippen molar-refractivity contribution in [2.24, 2.45) is 10.9 Å². The molecular formula is C18H29IN4O3S. The van der Waals surface area contributed by atoms with Crippen LogP contribution in [0.25, 0.3) is 0 Å². The molecule has 7 nitrogen and oxygen atoms in total. The summed E-state index contributed by atoms with van der Waals surface area (Å²) in [6, 6.07) is 8.01. The molecule has 1 aliphatic heterocycles. The van der Waals surface area contributed by atoms with E-state index in [0.717, 1.165) is 17.9 Å². The fourth-order valence-electron chi connectivity index (χ4n) is 2.92. The van der Waals surface area contributed by atoms with E-state index in [1.165, 1.54) is 17.1 Å². The normalized spacial score (nSPS) is 19.4. The second-order valence-electron chi connectivity index (χ2n) is 6.78. The third-order valence-electron chi connectivity index (χ3n) is 4.67. The zero-order chi connectivity index (χ0) is 18.4. The third kappa shape index (κ3) is 6.79. The lowest BCUT2D eigenvalue weighted by Gasteiger charge is -2.17. The van der Waals surface area contributed by atoms with Crippen LogP contribution in [0.2, 0.25) is 0 Å². The highest BCUT2D eigenvalue weighted by atomic mass is 127. The lowest BCUT2D eigenvalue weighted by Crippen LogP contribution is -2.41. The number of hydrogen-bond donors (Lipinski definition) is 2. The molecule has 2 fully saturated rings. The first-order chi connectivity index (χ1) is 12.6. The van der Waals surface area contributed by atoms with Crippen molar-refractivity contribution in [3.63, 3.8) is 0 Å². The van der Waals surface area contributed by atoms with E-state index in [4.69, 9.17) is 4.74 Å². The summed E-state index contributed by atoms with van der Waals surface area (Å²) in [7, 11) is -1.34. The monoisotopic (exact) mass is 508 g/mol. The molecular weight excluding hydrogens is 479 g/mol. The van der Waals surface area contributed by atoms with E-state index in [1.54, 1.807) is 7.05 Å². The minimum atomic E-state index is -3.04. The molecule has 0 aromatic heterocycles. The van der Waals surface area contributed by atoms with Crippen LogP contribution in [0.5, 0.6) is 5.75 Å². The van der Waals surface area contributed by atoms with E-state index >= 15 is 0 Å². The van der Waals surface area contributed by atoms with Gasteiger partial charge in [-0.1, -0.05) is 18.2 Å². The van der Waals surface area contributed by atoms with Gasteiger partial charge >= 0.3 is 0 Å². The number of sulfonamides is 1. The summed E-state index contributed by atoms with van der Waals surface area (Å²) in [5.74, 6) is 2.54. The van der Waals surface area contributed by atoms with Crippen LogP contribution in [0.15, 0.2) is 29.3 Å². The molecule has 152 valence electrons. The summed E-state index contributed by atoms with van der Waals surface area (Å²) in [4.78, 5) is 4.20. The maximum Gasteiger partial charge on any atom is 0.214 e. The highest BCUT2D eigenvalue weighted by Crippen LogP contribution is 2.30. The summed E-state index contributed by atoms with van der Waals surface area (Å²) in [6.45, 7) is 2.99. The number of halogens is 1. The molecule has 0 radical (unpaired) electrons. The Hall–Kier alpha value is -1.07. The van der Waals surface area contributed by atoms with Crippen molar-refractivity contribution in [2.45, 2.75) is 25.8 Å². The van der Waals surface area contributed by atoms with Crippen LogP contribution in [0.3, 0.4) is 0 Å². The first-order valence-corrected chi connectivity index (χ1v) is 10.8. The Morgan fingerprint density at radius 2 is 2.07 bits per heavy atom. The number of nitrogens with zero attached hydrogens (tertiary/aromatic N) is 2. The second kappa shape index (κ2) is 10.5. The molecule has 1 saturated heterocycles. The Morgan fingerprint density at radius 3 is 2.74 bits per heavy atom. The first kappa shape index (κ1) is 22.2. The van der Waals surface area contributed by atoms with Crippen LogP contribution in [0.1, 0.15) is 24.8 Å². The van der Waals surface area contributed by atoms with Gasteiger partial charge in [0, 0.05) is 38.8 Å². The Morgan fingerprint density at radius 1 is 1.30 bits per heavy atom. The van der Waals surface area contributed by atoms with Crippen LogP contribution in [-0.4, -0.2) is 57.7 Å². The molecule has 1 aromatic rings. The maximum absolute atomic E-state index is 11.8. The summed E-state index contributed by atoms with van der Waals surface area (Å²) in [5, 5.41) is 6.44. The molecule has 1 aromatic carbocycles. The smallest absolute Gasteiger partial charge is 0.214 e. The topological polar surface area (TPSA) is 83.0 Å². The first-order valence-electron chi connectivity index (χ1n) is 9.21. The molecule has 27 heavy (non-hydrogen) atoms. The van der Waals surface area contributed by atoms with Gasteiger partial charge in [0.25, 0.3) is 0 Å². The minimum absolute atomic E-state index is 0. The predicted molar refractivity (Wildman–Crippen MR) is 118 cm³/mol. The van der Waals surface area contributed by atoms with Crippen molar-refractivity contribution in [2.75, 3.05) is 39.0 Å². The third-order valence-corrected chi connectivity index (χ3v) is 6.63. The SMILES string of the molecule is CN=C(NCCN1CCCS1(=O)=O)NCc1ccccc1OCC1CC1.I. The molecule has 1 heterocycles. The average molecular weight is 508 g/mol. The minimum Gasteiger partial charge on any atom is -0.493 e. The van der Waals surface area contributed by atoms with E-state index in [9.17, 15) is 8.42 Å². The van der Waals surface area contributed by atoms with Gasteiger partial charge in [0.1, 0.15) is 5.75 Å². The number of hydrogen-bond acceptors (Lipinski definition) is 4. The summed E-state index contributed by atoms with van der Waals surface area (Å²) < 4.78 is 31.1. The second-order valence-corrected chi connectivity index (χ2v) is 8.87. The fourth-order valence-corrected chi connectivity index (χ4v) is 4.45. The van der Waals surface area contributed by atoms with Gasteiger partial charge in [-0.2, -0.15) is 0 Å². The molecule has 3 rings (SSSR count). The molecule has 0 atom stereocenters. The van der Waals surface area contributed by atoms with E-state index in [1.807, 2.05) is 24.3 Å². The number of aliphatic imine (C=N–C) groups is 1. The van der Waals surface area contributed by atoms with E-state index in [2.05, 4.69) is 15.6 Å². The van der Waals surface area contributed by atoms with Crippen molar-refractivity contribution >= 4 is 40.0 Å². The van der Waals surface area contributed by atoms with Gasteiger partial charge in [-0.3, -0.25) is 4.99 Å². The van der Waals surface area contributed by atoms with Gasteiger partial charge in [0.15, 0.2) is 5.96 Å². The molecule has 1 aliphatic carbocycles. The molecule has 0 spiro atoms. The van der Waals surface area contributed by atoms with Crippen LogP contribution >= 0.6 is 24.0 Å². The summed E-state index contributed by atoms with van der Waals surface area (Å²) >= 11 is 0. The maximum atomic E-state index is 11.8. The lowest BCUT2D eigenvalue weighted by atomic mass is 10.2. The van der Waals surface area contributed by atoms with E-state index < -0.39 is 10.0 Å². The fraction of sp³-hybridized carbons (Fsp3) is 0.611. The number of ether oxygens (including phenoxy) is 1. The van der Waals surface area contributed by atoms with E-state index in [0.29, 0.717) is 44.5 Å². The van der Waals surface area contributed by atoms with Crippen molar-refractivity contribution in [1.82, 2.24) is 14.9 Å². The van der Waals surface area contributed by atoms with Gasteiger partial charge in [-0.25, -0.2) is 12.7 Å². The van der Waals surface area contributed by atoms with Gasteiger partial charge < -0.3 is 15.4 Å². The summed E-state index contributed by atoms with van der Waals surface area (Å²) in [5.41, 5.74) is 1.08. The Kier molecular flexibility index (Phi) is 8.62. The van der Waals surface area contributed by atoms with Crippen molar-refractivity contribution in [3.05, 3.63) is 29.8 Å². The molecule has 2 N–H and O–H groups in total. The zero-order valence-corrected chi connectivity index (χ0v) is 18.8. The highest BCUT2D eigenvalue weighted by Gasteiger charge is 2.27. The average Bonchev–Trinajstić information content (AvgIpc) is 3.40.